The Bertz CT molecular complexity index is 713. The molecule has 0 fully saturated rings. The molecule has 0 aromatic heterocycles. The van der Waals surface area contributed by atoms with Crippen LogP contribution in [0.4, 0.5) is 17.6 Å². The Labute approximate surface area is 113 Å². The lowest BCUT2D eigenvalue weighted by Gasteiger charge is -1.99. The van der Waals surface area contributed by atoms with E-state index in [9.17, 15) is 17.6 Å². The zero-order valence-corrected chi connectivity index (χ0v) is 10.2. The third-order valence-corrected chi connectivity index (χ3v) is 2.55. The second-order valence-corrected chi connectivity index (χ2v) is 3.94. The van der Waals surface area contributed by atoms with Crippen molar-refractivity contribution >= 4 is 6.08 Å². The van der Waals surface area contributed by atoms with Crippen LogP contribution in [0.25, 0.3) is 6.08 Å². The summed E-state index contributed by atoms with van der Waals surface area (Å²) in [5.41, 5.74) is -0.0193. The van der Waals surface area contributed by atoms with Crippen LogP contribution in [0.3, 0.4) is 0 Å². The molecule has 0 amide bonds. The van der Waals surface area contributed by atoms with Crippen molar-refractivity contribution in [3.05, 3.63) is 76.9 Å². The molecule has 0 aliphatic rings. The monoisotopic (exact) mass is 276 g/mol. The second kappa shape index (κ2) is 5.62. The molecule has 2 aromatic rings. The third kappa shape index (κ3) is 2.89. The Balaban J connectivity index is 2.42. The number of rotatable bonds is 1. The minimum absolute atomic E-state index is 0.121. The first kappa shape index (κ1) is 13.9. The lowest BCUT2D eigenvalue weighted by molar-refractivity contribution is 0.508. The summed E-state index contributed by atoms with van der Waals surface area (Å²) in [6.07, 6.45) is 1.30. The minimum Gasteiger partial charge on any atom is -0.205 e. The number of benzene rings is 2. The van der Waals surface area contributed by atoms with E-state index in [1.54, 1.807) is 0 Å². The highest BCUT2D eigenvalue weighted by molar-refractivity contribution is 5.52. The summed E-state index contributed by atoms with van der Waals surface area (Å²) in [6.45, 7) is 3.41. The van der Waals surface area contributed by atoms with Crippen LogP contribution in [0.15, 0.2) is 36.9 Å². The Kier molecular flexibility index (Phi) is 3.90. The summed E-state index contributed by atoms with van der Waals surface area (Å²) in [4.78, 5) is 0. The van der Waals surface area contributed by atoms with Crippen molar-refractivity contribution < 1.29 is 17.6 Å². The fourth-order valence-electron chi connectivity index (χ4n) is 1.54. The lowest BCUT2D eigenvalue weighted by atomic mass is 10.1. The Hall–Kier alpha value is -2.54. The fraction of sp³-hybridized carbons (Fsp3) is 0. The molecular formula is C16H8F4. The van der Waals surface area contributed by atoms with Gasteiger partial charge in [0.15, 0.2) is 11.6 Å². The number of hydrogen-bond donors (Lipinski definition) is 0. The molecule has 0 saturated carbocycles. The van der Waals surface area contributed by atoms with E-state index in [0.717, 1.165) is 24.3 Å². The van der Waals surface area contributed by atoms with Gasteiger partial charge >= 0.3 is 0 Å². The molecule has 0 heterocycles. The van der Waals surface area contributed by atoms with Gasteiger partial charge in [0.1, 0.15) is 11.6 Å². The zero-order chi connectivity index (χ0) is 14.7. The van der Waals surface area contributed by atoms with Crippen LogP contribution in [0, 0.1) is 35.1 Å². The van der Waals surface area contributed by atoms with Gasteiger partial charge in [-0.1, -0.05) is 24.5 Å². The molecule has 0 saturated heterocycles. The zero-order valence-electron chi connectivity index (χ0n) is 10.2. The molecule has 0 nitrogen and oxygen atoms in total. The lowest BCUT2D eigenvalue weighted by Crippen LogP contribution is -1.92. The SMILES string of the molecule is C=Cc1cc(F)c(C#Cc2ccc(F)c(F)c2)c(F)c1. The van der Waals surface area contributed by atoms with E-state index in [4.69, 9.17) is 0 Å². The summed E-state index contributed by atoms with van der Waals surface area (Å²) in [5.74, 6) is 0.901. The van der Waals surface area contributed by atoms with Crippen LogP contribution >= 0.6 is 0 Å². The predicted molar refractivity (Wildman–Crippen MR) is 68.8 cm³/mol. The van der Waals surface area contributed by atoms with Gasteiger partial charge in [0.25, 0.3) is 0 Å². The van der Waals surface area contributed by atoms with Crippen molar-refractivity contribution in [1.29, 1.82) is 0 Å². The molecule has 0 radical (unpaired) electrons. The number of halogens is 4. The normalized spacial score (nSPS) is 9.80. The van der Waals surface area contributed by atoms with Crippen LogP contribution in [0.2, 0.25) is 0 Å². The largest absolute Gasteiger partial charge is 0.205 e. The number of hydrogen-bond acceptors (Lipinski definition) is 0. The average Bonchev–Trinajstić information content (AvgIpc) is 2.41. The highest BCUT2D eigenvalue weighted by atomic mass is 19.2. The summed E-state index contributed by atoms with van der Waals surface area (Å²) >= 11 is 0. The van der Waals surface area contributed by atoms with Crippen LogP contribution in [-0.2, 0) is 0 Å². The van der Waals surface area contributed by atoms with Crippen molar-refractivity contribution in [3.8, 4) is 11.8 Å². The van der Waals surface area contributed by atoms with E-state index in [1.807, 2.05) is 0 Å². The van der Waals surface area contributed by atoms with Gasteiger partial charge in [0.2, 0.25) is 0 Å². The van der Waals surface area contributed by atoms with Gasteiger partial charge < -0.3 is 0 Å². The van der Waals surface area contributed by atoms with Crippen molar-refractivity contribution in [1.82, 2.24) is 0 Å². The van der Waals surface area contributed by atoms with E-state index < -0.39 is 28.8 Å². The maximum Gasteiger partial charge on any atom is 0.160 e. The first-order valence-electron chi connectivity index (χ1n) is 5.60. The van der Waals surface area contributed by atoms with Gasteiger partial charge in [-0.05, 0) is 35.9 Å². The maximum absolute atomic E-state index is 13.6. The Morgan fingerprint density at radius 3 is 2.00 bits per heavy atom. The molecule has 0 atom stereocenters. The first-order chi connectivity index (χ1) is 9.51. The van der Waals surface area contributed by atoms with Gasteiger partial charge in [-0.15, -0.1) is 0 Å². The van der Waals surface area contributed by atoms with Crippen molar-refractivity contribution in [2.24, 2.45) is 0 Å². The summed E-state index contributed by atoms with van der Waals surface area (Å²) in [5, 5.41) is 0. The molecule has 2 rings (SSSR count). The predicted octanol–water partition coefficient (Wildman–Crippen LogP) is 4.29. The topological polar surface area (TPSA) is 0 Å². The fourth-order valence-corrected chi connectivity index (χ4v) is 1.54. The molecule has 20 heavy (non-hydrogen) atoms. The van der Waals surface area contributed by atoms with E-state index in [2.05, 4.69) is 18.4 Å². The highest BCUT2D eigenvalue weighted by Gasteiger charge is 2.08. The second-order valence-electron chi connectivity index (χ2n) is 3.94. The Morgan fingerprint density at radius 1 is 0.800 bits per heavy atom. The third-order valence-electron chi connectivity index (χ3n) is 2.55. The smallest absolute Gasteiger partial charge is 0.160 e. The van der Waals surface area contributed by atoms with E-state index in [0.29, 0.717) is 5.56 Å². The molecule has 0 aliphatic heterocycles. The van der Waals surface area contributed by atoms with Crippen LogP contribution in [0.1, 0.15) is 16.7 Å². The molecule has 4 heteroatoms. The molecular weight excluding hydrogens is 268 g/mol. The average molecular weight is 276 g/mol. The van der Waals surface area contributed by atoms with E-state index >= 15 is 0 Å². The molecule has 0 aliphatic carbocycles. The summed E-state index contributed by atoms with van der Waals surface area (Å²) in [6, 6.07) is 5.15. The van der Waals surface area contributed by atoms with Crippen LogP contribution < -0.4 is 0 Å². The van der Waals surface area contributed by atoms with Gasteiger partial charge in [-0.25, -0.2) is 17.6 Å². The summed E-state index contributed by atoms with van der Waals surface area (Å²) in [7, 11) is 0. The molecule has 100 valence electrons. The molecule has 0 spiro atoms. The standard InChI is InChI=1S/C16H8F4/c1-2-10-7-14(18)12(15(19)8-10)5-3-11-4-6-13(17)16(20)9-11/h2,4,6-9H,1H2. The van der Waals surface area contributed by atoms with Gasteiger partial charge in [0, 0.05) is 5.56 Å². The quantitative estimate of drug-likeness (QED) is 0.538. The first-order valence-corrected chi connectivity index (χ1v) is 5.60. The van der Waals surface area contributed by atoms with Crippen molar-refractivity contribution in [2.75, 3.05) is 0 Å². The van der Waals surface area contributed by atoms with Crippen LogP contribution in [-0.4, -0.2) is 0 Å². The van der Waals surface area contributed by atoms with E-state index in [1.165, 1.54) is 12.1 Å². The molecule has 2 aromatic carbocycles. The van der Waals surface area contributed by atoms with Gasteiger partial charge in [-0.3, -0.25) is 0 Å². The maximum atomic E-state index is 13.6. The summed E-state index contributed by atoms with van der Waals surface area (Å²) < 4.78 is 52.9. The minimum atomic E-state index is -1.07. The molecule has 0 unspecified atom stereocenters. The van der Waals surface area contributed by atoms with Crippen molar-refractivity contribution in [2.45, 2.75) is 0 Å². The molecule has 0 bridgehead atoms. The van der Waals surface area contributed by atoms with Crippen LogP contribution in [0.5, 0.6) is 0 Å². The van der Waals surface area contributed by atoms with Gasteiger partial charge in [-0.2, -0.15) is 0 Å². The highest BCUT2D eigenvalue weighted by Crippen LogP contribution is 2.15. The van der Waals surface area contributed by atoms with Gasteiger partial charge in [0.05, 0.1) is 5.56 Å². The molecule has 0 N–H and O–H groups in total. The van der Waals surface area contributed by atoms with E-state index in [-0.39, 0.29) is 5.56 Å². The Morgan fingerprint density at radius 2 is 1.45 bits per heavy atom. The van der Waals surface area contributed by atoms with Crippen molar-refractivity contribution in [3.63, 3.8) is 0 Å².